The first-order valence-electron chi connectivity index (χ1n) is 5.94. The fourth-order valence-electron chi connectivity index (χ4n) is 2.14. The lowest BCUT2D eigenvalue weighted by Crippen LogP contribution is -2.26. The first-order valence-corrected chi connectivity index (χ1v) is 5.94. The first-order chi connectivity index (χ1) is 8.92. The SMILES string of the molecule is CC1(c2cc(C(N)=O)ccc2F)CCOCC(N)=N1. The van der Waals surface area contributed by atoms with Crippen LogP contribution in [0.5, 0.6) is 0 Å². The summed E-state index contributed by atoms with van der Waals surface area (Å²) < 4.78 is 19.3. The summed E-state index contributed by atoms with van der Waals surface area (Å²) in [5.41, 5.74) is 10.6. The summed E-state index contributed by atoms with van der Waals surface area (Å²) in [5.74, 6) is -0.735. The third-order valence-corrected chi connectivity index (χ3v) is 3.20. The number of aliphatic imine (C=N–C) groups is 1. The quantitative estimate of drug-likeness (QED) is 0.833. The number of amidine groups is 1. The largest absolute Gasteiger partial charge is 0.386 e. The maximum atomic E-state index is 14.0. The molecule has 1 aromatic carbocycles. The second-order valence-corrected chi connectivity index (χ2v) is 4.74. The molecular weight excluding hydrogens is 249 g/mol. The van der Waals surface area contributed by atoms with Gasteiger partial charge in [-0.25, -0.2) is 4.39 Å². The lowest BCUT2D eigenvalue weighted by Gasteiger charge is -2.25. The summed E-state index contributed by atoms with van der Waals surface area (Å²) in [6.07, 6.45) is 0.479. The molecule has 0 aliphatic carbocycles. The number of amides is 1. The molecule has 1 atom stereocenters. The monoisotopic (exact) mass is 265 g/mol. The molecule has 1 heterocycles. The molecule has 1 amide bonds. The van der Waals surface area contributed by atoms with Crippen molar-refractivity contribution in [2.24, 2.45) is 16.5 Å². The van der Waals surface area contributed by atoms with Gasteiger partial charge in [-0.05, 0) is 31.5 Å². The van der Waals surface area contributed by atoms with Gasteiger partial charge >= 0.3 is 0 Å². The molecule has 0 bridgehead atoms. The van der Waals surface area contributed by atoms with Crippen molar-refractivity contribution < 1.29 is 13.9 Å². The van der Waals surface area contributed by atoms with Gasteiger partial charge in [0.1, 0.15) is 18.3 Å². The Bertz CT molecular complexity index is 545. The highest BCUT2D eigenvalue weighted by Crippen LogP contribution is 2.33. The lowest BCUT2D eigenvalue weighted by atomic mass is 9.88. The molecule has 0 saturated heterocycles. The number of primary amides is 1. The van der Waals surface area contributed by atoms with E-state index >= 15 is 0 Å². The molecule has 1 aromatic rings. The van der Waals surface area contributed by atoms with Crippen molar-refractivity contribution in [1.29, 1.82) is 0 Å². The van der Waals surface area contributed by atoms with Gasteiger partial charge in [0.15, 0.2) is 0 Å². The van der Waals surface area contributed by atoms with E-state index < -0.39 is 17.3 Å². The summed E-state index contributed by atoms with van der Waals surface area (Å²) in [4.78, 5) is 15.5. The normalized spacial score (nSPS) is 23.6. The number of nitrogens with zero attached hydrogens (tertiary/aromatic N) is 1. The van der Waals surface area contributed by atoms with Crippen molar-refractivity contribution in [1.82, 2.24) is 0 Å². The van der Waals surface area contributed by atoms with Gasteiger partial charge in [-0.3, -0.25) is 9.79 Å². The van der Waals surface area contributed by atoms with Crippen molar-refractivity contribution in [3.63, 3.8) is 0 Å². The van der Waals surface area contributed by atoms with E-state index in [1.54, 1.807) is 6.92 Å². The van der Waals surface area contributed by atoms with Crippen molar-refractivity contribution >= 4 is 11.7 Å². The Balaban J connectivity index is 2.52. The Morgan fingerprint density at radius 2 is 2.26 bits per heavy atom. The van der Waals surface area contributed by atoms with Gasteiger partial charge in [0.2, 0.25) is 5.91 Å². The van der Waals surface area contributed by atoms with Crippen LogP contribution >= 0.6 is 0 Å². The summed E-state index contributed by atoms with van der Waals surface area (Å²) in [7, 11) is 0. The maximum Gasteiger partial charge on any atom is 0.248 e. The number of ether oxygens (including phenoxy) is 1. The van der Waals surface area contributed by atoms with Crippen LogP contribution in [0.25, 0.3) is 0 Å². The molecule has 2 rings (SSSR count). The number of rotatable bonds is 2. The standard InChI is InChI=1S/C13H16FN3O2/c1-13(4-5-19-7-11(15)17-13)9-6-8(12(16)18)2-3-10(9)14/h2-3,6H,4-5,7H2,1H3,(H2,15,17)(H2,16,18). The van der Waals surface area contributed by atoms with Crippen LogP contribution in [0.1, 0.15) is 29.3 Å². The highest BCUT2D eigenvalue weighted by atomic mass is 19.1. The molecule has 102 valence electrons. The molecule has 19 heavy (non-hydrogen) atoms. The molecule has 0 radical (unpaired) electrons. The van der Waals surface area contributed by atoms with Gasteiger partial charge in [-0.2, -0.15) is 0 Å². The van der Waals surface area contributed by atoms with Crippen molar-refractivity contribution in [3.05, 3.63) is 35.1 Å². The molecule has 5 nitrogen and oxygen atoms in total. The fourth-order valence-corrected chi connectivity index (χ4v) is 2.14. The minimum absolute atomic E-state index is 0.229. The van der Waals surface area contributed by atoms with E-state index in [0.29, 0.717) is 24.4 Å². The Morgan fingerprint density at radius 1 is 1.53 bits per heavy atom. The van der Waals surface area contributed by atoms with E-state index in [1.807, 2.05) is 0 Å². The Hall–Kier alpha value is -1.95. The highest BCUT2D eigenvalue weighted by molar-refractivity contribution is 5.93. The molecule has 1 unspecified atom stereocenters. The summed E-state index contributed by atoms with van der Waals surface area (Å²) in [5, 5.41) is 0. The molecule has 1 aliphatic heterocycles. The third-order valence-electron chi connectivity index (χ3n) is 3.20. The zero-order valence-corrected chi connectivity index (χ0v) is 10.6. The predicted octanol–water partition coefficient (Wildman–Crippen LogP) is 0.917. The number of carbonyl (C=O) groups excluding carboxylic acids is 1. The number of benzene rings is 1. The van der Waals surface area contributed by atoms with Gasteiger partial charge in [0.25, 0.3) is 0 Å². The molecular formula is C13H16FN3O2. The van der Waals surface area contributed by atoms with Crippen molar-refractivity contribution in [3.8, 4) is 0 Å². The van der Waals surface area contributed by atoms with Crippen molar-refractivity contribution in [2.75, 3.05) is 13.2 Å². The van der Waals surface area contributed by atoms with Crippen LogP contribution < -0.4 is 11.5 Å². The van der Waals surface area contributed by atoms with Gasteiger partial charge in [-0.1, -0.05) is 0 Å². The van der Waals surface area contributed by atoms with E-state index in [2.05, 4.69) is 4.99 Å². The Kier molecular flexibility index (Phi) is 3.53. The van der Waals surface area contributed by atoms with Gasteiger partial charge < -0.3 is 16.2 Å². The van der Waals surface area contributed by atoms with Crippen LogP contribution in [0, 0.1) is 5.82 Å². The lowest BCUT2D eigenvalue weighted by molar-refractivity contribution is 0.1000. The third kappa shape index (κ3) is 2.73. The van der Waals surface area contributed by atoms with Crippen LogP contribution in [0.3, 0.4) is 0 Å². The van der Waals surface area contributed by atoms with Crippen LogP contribution in [0.4, 0.5) is 4.39 Å². The molecule has 1 aliphatic rings. The van der Waals surface area contributed by atoms with Gasteiger partial charge in [-0.15, -0.1) is 0 Å². The smallest absolute Gasteiger partial charge is 0.248 e. The molecule has 4 N–H and O–H groups in total. The first kappa shape index (κ1) is 13.5. The second-order valence-electron chi connectivity index (χ2n) is 4.74. The van der Waals surface area contributed by atoms with Gasteiger partial charge in [0, 0.05) is 17.7 Å². The number of carbonyl (C=O) groups is 1. The second kappa shape index (κ2) is 4.97. The maximum absolute atomic E-state index is 14.0. The number of nitrogens with two attached hydrogens (primary N) is 2. The predicted molar refractivity (Wildman–Crippen MR) is 69.3 cm³/mol. The van der Waals surface area contributed by atoms with E-state index in [4.69, 9.17) is 16.2 Å². The topological polar surface area (TPSA) is 90.7 Å². The number of hydrogen-bond donors (Lipinski definition) is 2. The summed E-state index contributed by atoms with van der Waals surface area (Å²) >= 11 is 0. The zero-order valence-electron chi connectivity index (χ0n) is 10.6. The summed E-state index contributed by atoms with van der Waals surface area (Å²) in [6, 6.07) is 4.00. The minimum atomic E-state index is -0.851. The molecule has 0 spiro atoms. The molecule has 0 saturated carbocycles. The number of hydrogen-bond acceptors (Lipinski definition) is 4. The average molecular weight is 265 g/mol. The van der Waals surface area contributed by atoms with E-state index in [0.717, 1.165) is 0 Å². The molecule has 6 heteroatoms. The minimum Gasteiger partial charge on any atom is -0.386 e. The zero-order chi connectivity index (χ0) is 14.0. The van der Waals surface area contributed by atoms with Gasteiger partial charge in [0.05, 0.1) is 5.54 Å². The average Bonchev–Trinajstić information content (AvgIpc) is 2.51. The Labute approximate surface area is 110 Å². The van der Waals surface area contributed by atoms with Crippen LogP contribution in [0.15, 0.2) is 23.2 Å². The van der Waals surface area contributed by atoms with Crippen LogP contribution in [-0.4, -0.2) is 25.0 Å². The summed E-state index contributed by atoms with van der Waals surface area (Å²) in [6.45, 7) is 2.41. The van der Waals surface area contributed by atoms with E-state index in [-0.39, 0.29) is 12.2 Å². The molecule has 0 fully saturated rings. The van der Waals surface area contributed by atoms with Crippen LogP contribution in [0.2, 0.25) is 0 Å². The highest BCUT2D eigenvalue weighted by Gasteiger charge is 2.31. The molecule has 0 aromatic heterocycles. The Morgan fingerprint density at radius 3 is 2.95 bits per heavy atom. The van der Waals surface area contributed by atoms with Crippen LogP contribution in [-0.2, 0) is 10.3 Å². The van der Waals surface area contributed by atoms with E-state index in [9.17, 15) is 9.18 Å². The number of halogens is 1. The van der Waals surface area contributed by atoms with E-state index in [1.165, 1.54) is 18.2 Å². The fraction of sp³-hybridized carbons (Fsp3) is 0.385. The van der Waals surface area contributed by atoms with Crippen molar-refractivity contribution in [2.45, 2.75) is 18.9 Å².